The highest BCUT2D eigenvalue weighted by Crippen LogP contribution is 2.36. The zero-order valence-electron chi connectivity index (χ0n) is 15.5. The number of nitrogens with zero attached hydrogens (tertiary/aromatic N) is 1. The van der Waals surface area contributed by atoms with Crippen LogP contribution in [0.25, 0.3) is 0 Å². The highest BCUT2D eigenvalue weighted by Gasteiger charge is 2.13. The predicted molar refractivity (Wildman–Crippen MR) is 107 cm³/mol. The minimum atomic E-state index is -0.00836. The molecule has 0 bridgehead atoms. The van der Waals surface area contributed by atoms with Gasteiger partial charge in [0.2, 0.25) is 0 Å². The second-order valence-electron chi connectivity index (χ2n) is 5.80. The quantitative estimate of drug-likeness (QED) is 0.635. The Morgan fingerprint density at radius 3 is 1.33 bits per heavy atom. The van der Waals surface area contributed by atoms with Gasteiger partial charge < -0.3 is 24.2 Å². The first kappa shape index (κ1) is 18.6. The summed E-state index contributed by atoms with van der Waals surface area (Å²) >= 11 is 0. The van der Waals surface area contributed by atoms with E-state index in [2.05, 4.69) is 4.90 Å². The van der Waals surface area contributed by atoms with E-state index in [0.717, 1.165) is 34.3 Å². The summed E-state index contributed by atoms with van der Waals surface area (Å²) in [7, 11) is 3.31. The maximum absolute atomic E-state index is 8.90. The Bertz CT molecular complexity index is 782. The lowest BCUT2D eigenvalue weighted by atomic mass is 10.2. The van der Waals surface area contributed by atoms with Gasteiger partial charge in [0.1, 0.15) is 23.9 Å². The first-order valence-electron chi connectivity index (χ1n) is 8.67. The summed E-state index contributed by atoms with van der Waals surface area (Å²) in [6, 6.07) is 23.6. The minimum Gasteiger partial charge on any atom is -0.497 e. The maximum atomic E-state index is 8.90. The third-order valence-electron chi connectivity index (χ3n) is 4.12. The lowest BCUT2D eigenvalue weighted by molar-refractivity contribution is 0.201. The standard InChI is InChI=1S/C22H23NO4/c1-25-20-9-3-17(4-10-20)23(18-5-11-21(26-2)12-6-18)19-7-13-22(14-8-19)27-16-15-24/h3-14,24H,15-16H2,1-2H3. The van der Waals surface area contributed by atoms with Gasteiger partial charge in [-0.25, -0.2) is 0 Å². The van der Waals surface area contributed by atoms with E-state index in [9.17, 15) is 0 Å². The lowest BCUT2D eigenvalue weighted by Gasteiger charge is -2.26. The number of aliphatic hydroxyl groups is 1. The number of methoxy groups -OCH3 is 2. The summed E-state index contributed by atoms with van der Waals surface area (Å²) in [6.45, 7) is 0.269. The molecule has 5 heteroatoms. The van der Waals surface area contributed by atoms with Crippen LogP contribution in [0.5, 0.6) is 17.2 Å². The lowest BCUT2D eigenvalue weighted by Crippen LogP contribution is -2.10. The second kappa shape index (κ2) is 8.96. The molecular weight excluding hydrogens is 342 g/mol. The Morgan fingerprint density at radius 1 is 0.630 bits per heavy atom. The molecule has 0 aliphatic carbocycles. The molecule has 1 N–H and O–H groups in total. The van der Waals surface area contributed by atoms with Crippen LogP contribution in [0.4, 0.5) is 17.1 Å². The van der Waals surface area contributed by atoms with Crippen molar-refractivity contribution in [1.29, 1.82) is 0 Å². The highest BCUT2D eigenvalue weighted by atomic mass is 16.5. The van der Waals surface area contributed by atoms with Gasteiger partial charge in [-0.15, -0.1) is 0 Å². The van der Waals surface area contributed by atoms with Gasteiger partial charge in [0.25, 0.3) is 0 Å². The average Bonchev–Trinajstić information content (AvgIpc) is 2.74. The number of hydrogen-bond donors (Lipinski definition) is 1. The summed E-state index contributed by atoms with van der Waals surface area (Å²) in [5.74, 6) is 2.33. The second-order valence-corrected chi connectivity index (χ2v) is 5.80. The fraction of sp³-hybridized carbons (Fsp3) is 0.182. The van der Waals surface area contributed by atoms with E-state index in [0.29, 0.717) is 0 Å². The summed E-state index contributed by atoms with van der Waals surface area (Å²) in [5, 5.41) is 8.90. The number of rotatable bonds is 8. The van der Waals surface area contributed by atoms with Crippen molar-refractivity contribution in [3.05, 3.63) is 72.8 Å². The van der Waals surface area contributed by atoms with Gasteiger partial charge >= 0.3 is 0 Å². The molecule has 0 aliphatic heterocycles. The van der Waals surface area contributed by atoms with E-state index >= 15 is 0 Å². The van der Waals surface area contributed by atoms with Crippen LogP contribution < -0.4 is 19.1 Å². The molecule has 0 amide bonds. The van der Waals surface area contributed by atoms with Crippen LogP contribution in [-0.4, -0.2) is 32.5 Å². The first-order valence-corrected chi connectivity index (χ1v) is 8.67. The molecule has 0 aliphatic rings. The fourth-order valence-electron chi connectivity index (χ4n) is 2.76. The Balaban J connectivity index is 1.97. The molecule has 0 unspecified atom stereocenters. The molecule has 3 aromatic carbocycles. The van der Waals surface area contributed by atoms with E-state index in [1.807, 2.05) is 72.8 Å². The number of anilines is 3. The Labute approximate surface area is 159 Å². The minimum absolute atomic E-state index is 0.00836. The molecule has 0 spiro atoms. The monoisotopic (exact) mass is 365 g/mol. The van der Waals surface area contributed by atoms with Crippen molar-refractivity contribution in [2.45, 2.75) is 0 Å². The molecule has 140 valence electrons. The van der Waals surface area contributed by atoms with Crippen molar-refractivity contribution in [1.82, 2.24) is 0 Å². The zero-order valence-corrected chi connectivity index (χ0v) is 15.5. The molecule has 0 saturated carbocycles. The van der Waals surface area contributed by atoms with E-state index in [1.54, 1.807) is 14.2 Å². The van der Waals surface area contributed by atoms with Crippen LogP contribution in [0, 0.1) is 0 Å². The average molecular weight is 365 g/mol. The van der Waals surface area contributed by atoms with E-state index < -0.39 is 0 Å². The highest BCUT2D eigenvalue weighted by molar-refractivity contribution is 5.77. The molecule has 0 heterocycles. The third kappa shape index (κ3) is 4.51. The topological polar surface area (TPSA) is 51.2 Å². The van der Waals surface area contributed by atoms with Crippen molar-refractivity contribution < 1.29 is 19.3 Å². The molecule has 0 atom stereocenters. The van der Waals surface area contributed by atoms with Crippen molar-refractivity contribution in [2.75, 3.05) is 32.3 Å². The Kier molecular flexibility index (Phi) is 6.18. The summed E-state index contributed by atoms with van der Waals surface area (Å²) in [5.41, 5.74) is 3.00. The van der Waals surface area contributed by atoms with Crippen LogP contribution in [0.1, 0.15) is 0 Å². The fourth-order valence-corrected chi connectivity index (χ4v) is 2.76. The molecule has 0 radical (unpaired) electrons. The largest absolute Gasteiger partial charge is 0.497 e. The van der Waals surface area contributed by atoms with Crippen LogP contribution >= 0.6 is 0 Å². The third-order valence-corrected chi connectivity index (χ3v) is 4.12. The number of hydrogen-bond acceptors (Lipinski definition) is 5. The van der Waals surface area contributed by atoms with Crippen molar-refractivity contribution in [2.24, 2.45) is 0 Å². The van der Waals surface area contributed by atoms with Crippen molar-refractivity contribution in [3.63, 3.8) is 0 Å². The predicted octanol–water partition coefficient (Wildman–Crippen LogP) is 4.54. The van der Waals surface area contributed by atoms with E-state index in [1.165, 1.54) is 0 Å². The number of ether oxygens (including phenoxy) is 3. The molecule has 5 nitrogen and oxygen atoms in total. The smallest absolute Gasteiger partial charge is 0.119 e. The van der Waals surface area contributed by atoms with Crippen LogP contribution in [0.15, 0.2) is 72.8 Å². The first-order chi connectivity index (χ1) is 13.2. The Morgan fingerprint density at radius 2 is 1.00 bits per heavy atom. The zero-order chi connectivity index (χ0) is 19.1. The number of aliphatic hydroxyl groups excluding tert-OH is 1. The molecule has 0 aromatic heterocycles. The molecule has 3 rings (SSSR count). The van der Waals surface area contributed by atoms with Crippen molar-refractivity contribution in [3.8, 4) is 17.2 Å². The SMILES string of the molecule is COc1ccc(N(c2ccc(OC)cc2)c2ccc(OCCO)cc2)cc1. The van der Waals surface area contributed by atoms with Gasteiger partial charge in [-0.3, -0.25) is 0 Å². The molecule has 0 fully saturated rings. The van der Waals surface area contributed by atoms with Crippen LogP contribution in [0.2, 0.25) is 0 Å². The Hall–Kier alpha value is -3.18. The maximum Gasteiger partial charge on any atom is 0.119 e. The van der Waals surface area contributed by atoms with E-state index in [-0.39, 0.29) is 13.2 Å². The normalized spacial score (nSPS) is 10.3. The summed E-state index contributed by atoms with van der Waals surface area (Å²) < 4.78 is 16.0. The van der Waals surface area contributed by atoms with E-state index in [4.69, 9.17) is 19.3 Å². The molecule has 3 aromatic rings. The molecular formula is C22H23NO4. The summed E-state index contributed by atoms with van der Waals surface area (Å²) in [6.07, 6.45) is 0. The van der Waals surface area contributed by atoms with Gasteiger partial charge in [0, 0.05) is 17.1 Å². The van der Waals surface area contributed by atoms with Crippen LogP contribution in [-0.2, 0) is 0 Å². The van der Waals surface area contributed by atoms with Gasteiger partial charge in [0.15, 0.2) is 0 Å². The molecule has 27 heavy (non-hydrogen) atoms. The van der Waals surface area contributed by atoms with Gasteiger partial charge in [0.05, 0.1) is 20.8 Å². The number of benzene rings is 3. The molecule has 0 saturated heterocycles. The van der Waals surface area contributed by atoms with Crippen molar-refractivity contribution >= 4 is 17.1 Å². The summed E-state index contributed by atoms with van der Waals surface area (Å²) in [4.78, 5) is 2.13. The van der Waals surface area contributed by atoms with Crippen LogP contribution in [0.3, 0.4) is 0 Å². The van der Waals surface area contributed by atoms with Gasteiger partial charge in [-0.05, 0) is 72.8 Å². The van der Waals surface area contributed by atoms with Gasteiger partial charge in [-0.2, -0.15) is 0 Å². The van der Waals surface area contributed by atoms with Gasteiger partial charge in [-0.1, -0.05) is 0 Å².